The molecule has 1 fully saturated rings. The molecule has 1 aliphatic rings. The van der Waals surface area contributed by atoms with Gasteiger partial charge in [0.1, 0.15) is 0 Å². The summed E-state index contributed by atoms with van der Waals surface area (Å²) in [5.74, 6) is 0. The Balaban J connectivity index is 2.30. The Morgan fingerprint density at radius 1 is 1.40 bits per heavy atom. The molecule has 0 spiro atoms. The molecule has 4 N–H and O–H groups in total. The minimum absolute atomic E-state index is 0.0327. The molecule has 0 amide bonds. The van der Waals surface area contributed by atoms with Gasteiger partial charge in [0.05, 0.1) is 21.9 Å². The van der Waals surface area contributed by atoms with Crippen molar-refractivity contribution in [2.45, 2.75) is 30.3 Å². The average molecular weight is 299 g/mol. The van der Waals surface area contributed by atoms with Crippen LogP contribution in [0.5, 0.6) is 0 Å². The van der Waals surface area contributed by atoms with Crippen molar-refractivity contribution in [2.75, 3.05) is 30.8 Å². The summed E-state index contributed by atoms with van der Waals surface area (Å²) in [4.78, 5) is 2.15. The first-order valence-electron chi connectivity index (χ1n) is 6.48. The molecular formula is C13H21N3O3S. The van der Waals surface area contributed by atoms with Crippen molar-refractivity contribution < 1.29 is 13.2 Å². The number of piperidine rings is 1. The van der Waals surface area contributed by atoms with E-state index in [1.807, 2.05) is 0 Å². The number of benzene rings is 1. The summed E-state index contributed by atoms with van der Waals surface area (Å²) in [6.07, 6.45) is 2.00. The van der Waals surface area contributed by atoms with E-state index in [0.717, 1.165) is 31.6 Å². The first-order chi connectivity index (χ1) is 9.25. The van der Waals surface area contributed by atoms with E-state index >= 15 is 0 Å². The van der Waals surface area contributed by atoms with E-state index in [-0.39, 0.29) is 10.5 Å². The zero-order valence-corrected chi connectivity index (χ0v) is 12.6. The van der Waals surface area contributed by atoms with Gasteiger partial charge in [0.25, 0.3) is 0 Å². The van der Waals surface area contributed by atoms with Crippen LogP contribution in [0.3, 0.4) is 0 Å². The van der Waals surface area contributed by atoms with Gasteiger partial charge in [0, 0.05) is 20.2 Å². The first kappa shape index (κ1) is 15.1. The number of ether oxygens (including phenoxy) is 1. The number of anilines is 2. The molecule has 112 valence electrons. The van der Waals surface area contributed by atoms with Gasteiger partial charge in [-0.15, -0.1) is 0 Å². The van der Waals surface area contributed by atoms with E-state index in [9.17, 15) is 8.42 Å². The number of hydrogen-bond donors (Lipinski definition) is 2. The first-order valence-corrected chi connectivity index (χ1v) is 8.02. The molecular weight excluding hydrogens is 278 g/mol. The van der Waals surface area contributed by atoms with Crippen molar-refractivity contribution >= 4 is 21.4 Å². The lowest BCUT2D eigenvalue weighted by molar-refractivity contribution is -0.00462. The summed E-state index contributed by atoms with van der Waals surface area (Å²) in [7, 11) is -2.02. The normalized spacial score (nSPS) is 23.9. The van der Waals surface area contributed by atoms with Gasteiger partial charge in [-0.2, -0.15) is 0 Å². The Kier molecular flexibility index (Phi) is 3.95. The fourth-order valence-corrected chi connectivity index (χ4v) is 3.12. The molecule has 1 aromatic carbocycles. The quantitative estimate of drug-likeness (QED) is 0.809. The summed E-state index contributed by atoms with van der Waals surface area (Å²) < 4.78 is 28.2. The Bertz CT molecular complexity index is 603. The topological polar surface area (TPSA) is 98.6 Å². The van der Waals surface area contributed by atoms with Gasteiger partial charge in [-0.25, -0.2) is 13.6 Å². The van der Waals surface area contributed by atoms with Crippen molar-refractivity contribution in [1.82, 2.24) is 0 Å². The molecule has 1 atom stereocenters. The molecule has 1 aliphatic heterocycles. The zero-order chi connectivity index (χ0) is 15.0. The lowest BCUT2D eigenvalue weighted by atomic mass is 9.94. The van der Waals surface area contributed by atoms with Gasteiger partial charge in [-0.05, 0) is 38.0 Å². The third kappa shape index (κ3) is 3.05. The minimum atomic E-state index is -3.72. The van der Waals surface area contributed by atoms with E-state index in [2.05, 4.69) is 11.8 Å². The molecule has 1 aromatic rings. The van der Waals surface area contributed by atoms with Gasteiger partial charge in [0.15, 0.2) is 0 Å². The summed E-state index contributed by atoms with van der Waals surface area (Å²) >= 11 is 0. The molecule has 7 heteroatoms. The largest absolute Gasteiger partial charge is 0.397 e. The van der Waals surface area contributed by atoms with E-state index in [4.69, 9.17) is 15.6 Å². The average Bonchev–Trinajstić information content (AvgIpc) is 2.37. The smallest absolute Gasteiger partial charge is 0.238 e. The van der Waals surface area contributed by atoms with Crippen LogP contribution in [0.25, 0.3) is 0 Å². The van der Waals surface area contributed by atoms with Crippen LogP contribution < -0.4 is 15.8 Å². The number of nitrogens with zero attached hydrogens (tertiary/aromatic N) is 1. The third-order valence-electron chi connectivity index (χ3n) is 3.82. The van der Waals surface area contributed by atoms with Crippen LogP contribution in [0.15, 0.2) is 23.1 Å². The van der Waals surface area contributed by atoms with Crippen LogP contribution in [0.2, 0.25) is 0 Å². The summed E-state index contributed by atoms with van der Waals surface area (Å²) in [5, 5.41) is 5.10. The second-order valence-electron chi connectivity index (χ2n) is 5.44. The van der Waals surface area contributed by atoms with E-state index in [0.29, 0.717) is 5.69 Å². The third-order valence-corrected chi connectivity index (χ3v) is 4.73. The van der Waals surface area contributed by atoms with Crippen LogP contribution >= 0.6 is 0 Å². The number of primary sulfonamides is 1. The highest BCUT2D eigenvalue weighted by atomic mass is 32.2. The number of nitrogen functional groups attached to an aromatic ring is 1. The predicted molar refractivity (Wildman–Crippen MR) is 79.1 cm³/mol. The lowest BCUT2D eigenvalue weighted by Gasteiger charge is -2.41. The summed E-state index contributed by atoms with van der Waals surface area (Å²) in [6.45, 7) is 3.66. The van der Waals surface area contributed by atoms with Crippen molar-refractivity contribution in [2.24, 2.45) is 5.14 Å². The molecule has 0 radical (unpaired) electrons. The Morgan fingerprint density at radius 3 is 2.65 bits per heavy atom. The van der Waals surface area contributed by atoms with Crippen molar-refractivity contribution in [3.05, 3.63) is 18.2 Å². The van der Waals surface area contributed by atoms with Crippen molar-refractivity contribution in [3.8, 4) is 0 Å². The number of sulfonamides is 1. The van der Waals surface area contributed by atoms with Gasteiger partial charge in [-0.3, -0.25) is 0 Å². The minimum Gasteiger partial charge on any atom is -0.397 e. The Labute approximate surface area is 119 Å². The SMILES string of the molecule is COC1(C)CCCN(c2ccc(S(N)(=O)=O)cc2N)C1. The Morgan fingerprint density at radius 2 is 2.10 bits per heavy atom. The maximum absolute atomic E-state index is 11.3. The fraction of sp³-hybridized carbons (Fsp3) is 0.538. The van der Waals surface area contributed by atoms with Crippen molar-refractivity contribution in [1.29, 1.82) is 0 Å². The Hall–Kier alpha value is -1.31. The number of rotatable bonds is 3. The molecule has 0 aliphatic carbocycles. The molecule has 1 saturated heterocycles. The van der Waals surface area contributed by atoms with Crippen LogP contribution in [-0.4, -0.2) is 34.2 Å². The van der Waals surface area contributed by atoms with E-state index in [1.165, 1.54) is 12.1 Å². The van der Waals surface area contributed by atoms with Crippen LogP contribution in [0.1, 0.15) is 19.8 Å². The number of hydrogen-bond acceptors (Lipinski definition) is 5. The molecule has 1 unspecified atom stereocenters. The van der Waals surface area contributed by atoms with Gasteiger partial charge >= 0.3 is 0 Å². The summed E-state index contributed by atoms with van der Waals surface area (Å²) in [6, 6.07) is 4.60. The molecule has 0 bridgehead atoms. The fourth-order valence-electron chi connectivity index (χ4n) is 2.58. The maximum Gasteiger partial charge on any atom is 0.238 e. The molecule has 0 saturated carbocycles. The highest BCUT2D eigenvalue weighted by molar-refractivity contribution is 7.89. The van der Waals surface area contributed by atoms with Gasteiger partial charge < -0.3 is 15.4 Å². The molecule has 20 heavy (non-hydrogen) atoms. The molecule has 1 heterocycles. The second-order valence-corrected chi connectivity index (χ2v) is 7.01. The van der Waals surface area contributed by atoms with Crippen molar-refractivity contribution in [3.63, 3.8) is 0 Å². The van der Waals surface area contributed by atoms with Crippen LogP contribution in [0, 0.1) is 0 Å². The van der Waals surface area contributed by atoms with E-state index in [1.54, 1.807) is 13.2 Å². The van der Waals surface area contributed by atoms with Crippen LogP contribution in [0.4, 0.5) is 11.4 Å². The molecule has 2 rings (SSSR count). The molecule has 0 aromatic heterocycles. The lowest BCUT2D eigenvalue weighted by Crippen LogP contribution is -2.47. The number of nitrogens with two attached hydrogens (primary N) is 2. The van der Waals surface area contributed by atoms with Gasteiger partial charge in [0.2, 0.25) is 10.0 Å². The standard InChI is InChI=1S/C13H21N3O3S/c1-13(19-2)6-3-7-16(9-13)12-5-4-10(8-11(12)14)20(15,17)18/h4-5,8H,3,6-7,9,14H2,1-2H3,(H2,15,17,18). The maximum atomic E-state index is 11.3. The zero-order valence-electron chi connectivity index (χ0n) is 11.8. The monoisotopic (exact) mass is 299 g/mol. The van der Waals surface area contributed by atoms with E-state index < -0.39 is 10.0 Å². The summed E-state index contributed by atoms with van der Waals surface area (Å²) in [5.41, 5.74) is 7.00. The van der Waals surface area contributed by atoms with Crippen LogP contribution in [-0.2, 0) is 14.8 Å². The second kappa shape index (κ2) is 5.23. The molecule has 6 nitrogen and oxygen atoms in total. The van der Waals surface area contributed by atoms with Gasteiger partial charge in [-0.1, -0.05) is 0 Å². The predicted octanol–water partition coefficient (Wildman–Crippen LogP) is 0.921. The highest BCUT2D eigenvalue weighted by Gasteiger charge is 2.31. The highest BCUT2D eigenvalue weighted by Crippen LogP contribution is 2.32. The number of methoxy groups -OCH3 is 1.